The summed E-state index contributed by atoms with van der Waals surface area (Å²) in [6.07, 6.45) is 6.47. The van der Waals surface area contributed by atoms with Gasteiger partial charge in [-0.15, -0.1) is 0 Å². The minimum atomic E-state index is -1.22. The van der Waals surface area contributed by atoms with Crippen LogP contribution in [0.1, 0.15) is 56.9 Å². The first-order valence-corrected chi connectivity index (χ1v) is 13.9. The highest BCUT2D eigenvalue weighted by molar-refractivity contribution is 7.45. The molecule has 10 heteroatoms. The number of fused-ring (bicyclic) bond motifs is 1. The van der Waals surface area contributed by atoms with Crippen molar-refractivity contribution < 1.29 is 18.4 Å². The minimum absolute atomic E-state index is 0.107. The molecule has 194 valence electrons. The lowest BCUT2D eigenvalue weighted by atomic mass is 9.87. The molecule has 0 bridgehead atoms. The molecule has 4 heterocycles. The maximum Gasteiger partial charge on any atom is 0.499 e. The topological polar surface area (TPSA) is 83.3 Å². The fourth-order valence-corrected chi connectivity index (χ4v) is 7.60. The molecule has 0 aliphatic carbocycles. The van der Waals surface area contributed by atoms with Gasteiger partial charge < -0.3 is 18.7 Å². The summed E-state index contributed by atoms with van der Waals surface area (Å²) in [5.41, 5.74) is 1.43. The van der Waals surface area contributed by atoms with Crippen LogP contribution < -0.4 is 10.3 Å². The Kier molecular flexibility index (Phi) is 7.30. The molecule has 1 aromatic heterocycles. The molecule has 9 nitrogen and oxygen atoms in total. The van der Waals surface area contributed by atoms with Crippen LogP contribution in [0, 0.1) is 6.92 Å². The van der Waals surface area contributed by atoms with Crippen molar-refractivity contribution >= 4 is 20.7 Å². The van der Waals surface area contributed by atoms with Gasteiger partial charge in [-0.25, -0.2) is 4.67 Å². The van der Waals surface area contributed by atoms with Gasteiger partial charge in [-0.05, 0) is 38.7 Å². The Bertz CT molecular complexity index is 1160. The third-order valence-electron chi connectivity index (χ3n) is 7.39. The molecule has 3 fully saturated rings. The van der Waals surface area contributed by atoms with Gasteiger partial charge in [-0.3, -0.25) is 0 Å². The van der Waals surface area contributed by atoms with Gasteiger partial charge in [-0.2, -0.15) is 19.3 Å². The Morgan fingerprint density at radius 3 is 2.86 bits per heavy atom. The zero-order chi connectivity index (χ0) is 25.4. The van der Waals surface area contributed by atoms with Crippen molar-refractivity contribution in [3.8, 4) is 0 Å². The number of nitrogens with zero attached hydrogens (tertiary/aromatic N) is 4. The van der Waals surface area contributed by atoms with Crippen molar-refractivity contribution in [1.82, 2.24) is 14.6 Å². The highest BCUT2D eigenvalue weighted by Crippen LogP contribution is 2.63. The number of benzene rings is 1. The molecule has 5 rings (SSSR count). The van der Waals surface area contributed by atoms with E-state index >= 15 is 0 Å². The number of aliphatic imine (C=N–C) groups is 1. The van der Waals surface area contributed by atoms with Crippen LogP contribution in [0.2, 0.25) is 0 Å². The van der Waals surface area contributed by atoms with Gasteiger partial charge in [-0.1, -0.05) is 37.3 Å². The molecule has 1 unspecified atom stereocenters. The van der Waals surface area contributed by atoms with E-state index < -0.39 is 20.4 Å². The van der Waals surface area contributed by atoms with Gasteiger partial charge in [0.15, 0.2) is 0 Å². The van der Waals surface area contributed by atoms with Crippen LogP contribution in [0.25, 0.3) is 0 Å². The normalized spacial score (nSPS) is 32.4. The van der Waals surface area contributed by atoms with Crippen molar-refractivity contribution in [2.75, 3.05) is 20.6 Å². The zero-order valence-electron chi connectivity index (χ0n) is 21.8. The quantitative estimate of drug-likeness (QED) is 0.261. The van der Waals surface area contributed by atoms with Crippen molar-refractivity contribution in [2.24, 2.45) is 4.99 Å². The molecule has 2 aromatic rings. The number of aryl methyl sites for hydroxylation is 1. The lowest BCUT2D eigenvalue weighted by molar-refractivity contribution is -0.774. The molecular formula is C26H37N5O4P+. The molecule has 3 aliphatic rings. The van der Waals surface area contributed by atoms with E-state index in [9.17, 15) is 4.79 Å². The third kappa shape index (κ3) is 4.75. The largest absolute Gasteiger partial charge is 0.499 e. The van der Waals surface area contributed by atoms with Crippen LogP contribution in [0.3, 0.4) is 0 Å². The number of nitrogens with one attached hydrogen (secondary N) is 1. The molecule has 0 saturated carbocycles. The van der Waals surface area contributed by atoms with Crippen LogP contribution in [0.4, 0.5) is 5.82 Å². The number of rotatable bonds is 7. The predicted molar refractivity (Wildman–Crippen MR) is 139 cm³/mol. The average Bonchev–Trinajstić information content (AvgIpc) is 3.57. The van der Waals surface area contributed by atoms with Crippen LogP contribution in [0.15, 0.2) is 46.3 Å². The van der Waals surface area contributed by atoms with E-state index in [0.29, 0.717) is 18.3 Å². The first kappa shape index (κ1) is 25.5. The highest BCUT2D eigenvalue weighted by Gasteiger charge is 2.56. The Morgan fingerprint density at radius 2 is 2.14 bits per heavy atom. The summed E-state index contributed by atoms with van der Waals surface area (Å²) < 4.78 is 23.8. The van der Waals surface area contributed by atoms with Crippen molar-refractivity contribution in [3.63, 3.8) is 0 Å². The first-order valence-electron chi connectivity index (χ1n) is 12.8. The Labute approximate surface area is 214 Å². The van der Waals surface area contributed by atoms with E-state index in [2.05, 4.69) is 52.8 Å². The summed E-state index contributed by atoms with van der Waals surface area (Å²) in [5.74, 6) is 0.547. The van der Waals surface area contributed by atoms with Gasteiger partial charge in [0.25, 0.3) is 8.53 Å². The smallest absolute Gasteiger partial charge is 0.369 e. The number of H-pyrrole nitrogens is 1. The molecule has 1 N–H and O–H groups in total. The summed E-state index contributed by atoms with van der Waals surface area (Å²) >= 11 is 0. The molecule has 1 aromatic carbocycles. The van der Waals surface area contributed by atoms with Crippen LogP contribution >= 0.6 is 8.53 Å². The number of ether oxygens (including phenoxy) is 1. The van der Waals surface area contributed by atoms with E-state index in [-0.39, 0.29) is 17.9 Å². The van der Waals surface area contributed by atoms with Gasteiger partial charge in [0.1, 0.15) is 11.8 Å². The van der Waals surface area contributed by atoms with Crippen molar-refractivity contribution in [3.05, 3.63) is 58.1 Å². The number of hydrogen-bond donors (Lipinski definition) is 1. The third-order valence-corrected chi connectivity index (χ3v) is 9.27. The Morgan fingerprint density at radius 1 is 1.36 bits per heavy atom. The van der Waals surface area contributed by atoms with Gasteiger partial charge >= 0.3 is 5.69 Å². The van der Waals surface area contributed by atoms with E-state index in [1.165, 1.54) is 5.56 Å². The number of aromatic amines is 1. The van der Waals surface area contributed by atoms with E-state index in [4.69, 9.17) is 13.8 Å². The Balaban J connectivity index is 1.34. The SMILES string of the molecule is CC[C@H]1O[C@@H]([n+]2cc(C)c(N=CN(C)C)[nH]c2=O)CC1O[P@@]1O[C@](C)(c2ccccc2)[C@@H]2CCCN21. The van der Waals surface area contributed by atoms with E-state index in [1.807, 2.05) is 38.2 Å². The van der Waals surface area contributed by atoms with E-state index in [0.717, 1.165) is 31.4 Å². The summed E-state index contributed by atoms with van der Waals surface area (Å²) in [7, 11) is 2.55. The summed E-state index contributed by atoms with van der Waals surface area (Å²) in [6.45, 7) is 7.20. The van der Waals surface area contributed by atoms with Crippen LogP contribution in [-0.2, 0) is 19.4 Å². The van der Waals surface area contributed by atoms with E-state index in [1.54, 1.807) is 10.9 Å². The molecule has 6 atom stereocenters. The minimum Gasteiger partial charge on any atom is -0.369 e. The van der Waals surface area contributed by atoms with Crippen LogP contribution in [0.5, 0.6) is 0 Å². The maximum atomic E-state index is 12.9. The Hall–Kier alpha value is -2.16. The van der Waals surface area contributed by atoms with Gasteiger partial charge in [0, 0.05) is 27.1 Å². The van der Waals surface area contributed by atoms with Crippen molar-refractivity contribution in [2.45, 2.75) is 76.5 Å². The molecule has 3 aliphatic heterocycles. The molecule has 0 amide bonds. The second-order valence-corrected chi connectivity index (χ2v) is 11.6. The first-order chi connectivity index (χ1) is 17.3. The summed E-state index contributed by atoms with van der Waals surface area (Å²) in [6, 6.07) is 10.8. The fourth-order valence-electron chi connectivity index (χ4n) is 5.45. The lowest BCUT2D eigenvalue weighted by Crippen LogP contribution is -2.54. The van der Waals surface area contributed by atoms with Gasteiger partial charge in [0.05, 0.1) is 30.2 Å². The molecular weight excluding hydrogens is 477 g/mol. The number of hydrogen-bond acceptors (Lipinski definition) is 6. The standard InChI is InChI=1S/C26H36N5O4P/c1-6-20-21(15-23(33-20)30-16-18(2)24(28-25(30)32)27-17-29(4)5)34-36-31-14-10-13-22(31)26(3,35-36)19-11-8-7-9-12-19/h7-9,11-12,16-17,20-23H,6,10,13-15H2,1-5H3/p+1/t20-,21?,22+,23-,26-,36+/m1/s1. The van der Waals surface area contributed by atoms with Crippen LogP contribution in [-0.4, -0.2) is 59.8 Å². The predicted octanol–water partition coefficient (Wildman–Crippen LogP) is 3.91. The second kappa shape index (κ2) is 10.3. The molecule has 0 radical (unpaired) electrons. The maximum absolute atomic E-state index is 12.9. The fraction of sp³-hybridized carbons (Fsp3) is 0.577. The number of aromatic nitrogens is 2. The van der Waals surface area contributed by atoms with Crippen molar-refractivity contribution in [1.29, 1.82) is 0 Å². The highest BCUT2D eigenvalue weighted by atomic mass is 31.2. The molecule has 36 heavy (non-hydrogen) atoms. The lowest BCUT2D eigenvalue weighted by Gasteiger charge is -2.29. The average molecular weight is 515 g/mol. The summed E-state index contributed by atoms with van der Waals surface area (Å²) in [4.78, 5) is 22.0. The zero-order valence-corrected chi connectivity index (χ0v) is 22.6. The van der Waals surface area contributed by atoms with Gasteiger partial charge in [0.2, 0.25) is 12.0 Å². The summed E-state index contributed by atoms with van der Waals surface area (Å²) in [5, 5.41) is 0. The second-order valence-electron chi connectivity index (χ2n) is 10.2. The molecule has 0 spiro atoms. The molecule has 3 saturated heterocycles. The monoisotopic (exact) mass is 514 g/mol.